The number of ether oxygens (including phenoxy) is 1. The highest BCUT2D eigenvalue weighted by Crippen LogP contribution is 2.38. The van der Waals surface area contributed by atoms with Crippen molar-refractivity contribution in [3.8, 4) is 5.75 Å². The number of nitrogens with zero attached hydrogens (tertiary/aromatic N) is 1. The Morgan fingerprint density at radius 3 is 2.62 bits per heavy atom. The zero-order chi connectivity index (χ0) is 21.1. The lowest BCUT2D eigenvalue weighted by Gasteiger charge is -2.27. The zero-order valence-electron chi connectivity index (χ0n) is 15.1. The minimum absolute atomic E-state index is 0.0370. The van der Waals surface area contributed by atoms with Crippen molar-refractivity contribution in [2.24, 2.45) is 0 Å². The molecule has 1 aliphatic heterocycles. The number of nitrogens with one attached hydrogen (secondary N) is 3. The first-order valence-electron chi connectivity index (χ1n) is 8.50. The zero-order valence-corrected chi connectivity index (χ0v) is 15.1. The first kappa shape index (κ1) is 20.0. The molecule has 3 N–H and O–H groups in total. The number of halogens is 2. The van der Waals surface area contributed by atoms with E-state index in [1.165, 1.54) is 13.1 Å². The van der Waals surface area contributed by atoms with E-state index in [1.807, 2.05) is 0 Å². The van der Waals surface area contributed by atoms with Crippen molar-refractivity contribution >= 4 is 23.3 Å². The third kappa shape index (κ3) is 4.23. The van der Waals surface area contributed by atoms with Gasteiger partial charge in [-0.3, -0.25) is 14.9 Å². The monoisotopic (exact) mass is 406 g/mol. The van der Waals surface area contributed by atoms with Gasteiger partial charge in [0.25, 0.3) is 11.6 Å². The van der Waals surface area contributed by atoms with Gasteiger partial charge < -0.3 is 20.7 Å². The van der Waals surface area contributed by atoms with Crippen LogP contribution in [0.4, 0.5) is 25.0 Å². The Labute approximate surface area is 163 Å². The van der Waals surface area contributed by atoms with Gasteiger partial charge in [-0.05, 0) is 12.1 Å². The summed E-state index contributed by atoms with van der Waals surface area (Å²) in [6, 6.07) is 3.91. The van der Waals surface area contributed by atoms with Crippen molar-refractivity contribution in [2.45, 2.75) is 12.5 Å². The lowest BCUT2D eigenvalue weighted by Crippen LogP contribution is -2.38. The van der Waals surface area contributed by atoms with Gasteiger partial charge in [-0.25, -0.2) is 13.6 Å². The molecule has 1 unspecified atom stereocenters. The van der Waals surface area contributed by atoms with Crippen molar-refractivity contribution in [3.63, 3.8) is 0 Å². The molecule has 0 radical (unpaired) electrons. The third-order valence-corrected chi connectivity index (χ3v) is 4.30. The Bertz CT molecular complexity index is 998. The standard InChI is InChI=1S/C18H16F2N4O5/c1-21-18(26)23-15-4-5-29-16-11(15)7-10(24(27)28)8-12(16)17(25)22-9-2-3-13(19)14(20)6-9/h2-3,6-8,15H,4-5H2,1H3,(H,22,25)(H2,21,23,26). The second-order valence-electron chi connectivity index (χ2n) is 6.16. The summed E-state index contributed by atoms with van der Waals surface area (Å²) in [4.78, 5) is 35.0. The maximum atomic E-state index is 13.4. The number of rotatable bonds is 4. The normalized spacial score (nSPS) is 14.9. The highest BCUT2D eigenvalue weighted by molar-refractivity contribution is 6.07. The molecule has 11 heteroatoms. The highest BCUT2D eigenvalue weighted by Gasteiger charge is 2.30. The van der Waals surface area contributed by atoms with Crippen LogP contribution in [0.15, 0.2) is 30.3 Å². The van der Waals surface area contributed by atoms with Crippen molar-refractivity contribution in [2.75, 3.05) is 19.0 Å². The van der Waals surface area contributed by atoms with E-state index >= 15 is 0 Å². The largest absolute Gasteiger partial charge is 0.492 e. The average Bonchev–Trinajstić information content (AvgIpc) is 2.70. The van der Waals surface area contributed by atoms with E-state index in [-0.39, 0.29) is 34.9 Å². The molecule has 1 heterocycles. The summed E-state index contributed by atoms with van der Waals surface area (Å²) in [6.07, 6.45) is 0.339. The van der Waals surface area contributed by atoms with Crippen LogP contribution < -0.4 is 20.7 Å². The lowest BCUT2D eigenvalue weighted by atomic mass is 9.96. The van der Waals surface area contributed by atoms with Gasteiger partial charge in [0.05, 0.1) is 23.1 Å². The van der Waals surface area contributed by atoms with Crippen molar-refractivity contribution < 1.29 is 28.0 Å². The molecule has 0 saturated heterocycles. The molecule has 2 aromatic carbocycles. The molecule has 0 bridgehead atoms. The molecule has 0 fully saturated rings. The first-order chi connectivity index (χ1) is 13.8. The number of fused-ring (bicyclic) bond motifs is 1. The number of carbonyl (C=O) groups is 2. The summed E-state index contributed by atoms with van der Waals surface area (Å²) >= 11 is 0. The Morgan fingerprint density at radius 1 is 1.21 bits per heavy atom. The SMILES string of the molecule is CNC(=O)NC1CCOc2c(C(=O)Nc3ccc(F)c(F)c3)cc([N+](=O)[O-])cc21. The maximum absolute atomic E-state index is 13.4. The fourth-order valence-corrected chi connectivity index (χ4v) is 2.92. The van der Waals surface area contributed by atoms with Crippen LogP contribution in [0.25, 0.3) is 0 Å². The predicted octanol–water partition coefficient (Wildman–Crippen LogP) is 2.88. The number of amides is 3. The van der Waals surface area contributed by atoms with Gasteiger partial charge >= 0.3 is 6.03 Å². The quantitative estimate of drug-likeness (QED) is 0.532. The number of nitro benzene ring substituents is 1. The summed E-state index contributed by atoms with van der Waals surface area (Å²) in [7, 11) is 1.42. The van der Waals surface area contributed by atoms with E-state index in [4.69, 9.17) is 4.74 Å². The molecular weight excluding hydrogens is 390 g/mol. The van der Waals surface area contributed by atoms with Crippen LogP contribution in [-0.4, -0.2) is 30.5 Å². The Balaban J connectivity index is 2.01. The number of non-ortho nitro benzene ring substituents is 1. The second-order valence-corrected chi connectivity index (χ2v) is 6.16. The molecule has 0 aromatic heterocycles. The number of carbonyl (C=O) groups excluding carboxylic acids is 2. The molecule has 2 aromatic rings. The summed E-state index contributed by atoms with van der Waals surface area (Å²) in [6.45, 7) is 0.158. The van der Waals surface area contributed by atoms with Gasteiger partial charge in [-0.2, -0.15) is 0 Å². The van der Waals surface area contributed by atoms with Crippen molar-refractivity contribution in [1.82, 2.24) is 10.6 Å². The lowest BCUT2D eigenvalue weighted by molar-refractivity contribution is -0.385. The molecule has 0 saturated carbocycles. The van der Waals surface area contributed by atoms with Gasteiger partial charge in [0.1, 0.15) is 5.75 Å². The molecule has 29 heavy (non-hydrogen) atoms. The van der Waals surface area contributed by atoms with E-state index in [0.29, 0.717) is 6.42 Å². The molecule has 1 atom stereocenters. The number of urea groups is 1. The Morgan fingerprint density at radius 2 is 1.97 bits per heavy atom. The van der Waals surface area contributed by atoms with Gasteiger partial charge in [-0.15, -0.1) is 0 Å². The molecule has 0 spiro atoms. The second kappa shape index (κ2) is 8.09. The van der Waals surface area contributed by atoms with Crippen LogP contribution in [-0.2, 0) is 0 Å². The van der Waals surface area contributed by atoms with E-state index in [9.17, 15) is 28.5 Å². The fraction of sp³-hybridized carbons (Fsp3) is 0.222. The number of hydrogen-bond donors (Lipinski definition) is 3. The van der Waals surface area contributed by atoms with E-state index in [0.717, 1.165) is 24.3 Å². The van der Waals surface area contributed by atoms with Crippen LogP contribution >= 0.6 is 0 Å². The molecule has 3 rings (SSSR count). The average molecular weight is 406 g/mol. The van der Waals surface area contributed by atoms with Gasteiger partial charge in [-0.1, -0.05) is 0 Å². The Hall–Kier alpha value is -3.76. The summed E-state index contributed by atoms with van der Waals surface area (Å²) in [5.41, 5.74) is -0.315. The van der Waals surface area contributed by atoms with Gasteiger partial charge in [0, 0.05) is 42.9 Å². The van der Waals surface area contributed by atoms with Crippen LogP contribution in [0.2, 0.25) is 0 Å². The predicted molar refractivity (Wildman–Crippen MR) is 97.9 cm³/mol. The number of hydrogen-bond acceptors (Lipinski definition) is 5. The highest BCUT2D eigenvalue weighted by atomic mass is 19.2. The van der Waals surface area contributed by atoms with E-state index in [2.05, 4.69) is 16.0 Å². The summed E-state index contributed by atoms with van der Waals surface area (Å²) < 4.78 is 32.0. The molecular formula is C18H16F2N4O5. The van der Waals surface area contributed by atoms with Crippen LogP contribution in [0.5, 0.6) is 5.75 Å². The molecule has 0 aliphatic carbocycles. The third-order valence-electron chi connectivity index (χ3n) is 4.30. The smallest absolute Gasteiger partial charge is 0.315 e. The summed E-state index contributed by atoms with van der Waals surface area (Å²) in [5, 5.41) is 18.7. The first-order valence-corrected chi connectivity index (χ1v) is 8.50. The number of anilines is 1. The minimum atomic E-state index is -1.16. The maximum Gasteiger partial charge on any atom is 0.315 e. The van der Waals surface area contributed by atoms with Crippen LogP contribution in [0.3, 0.4) is 0 Å². The fourth-order valence-electron chi connectivity index (χ4n) is 2.92. The molecule has 1 aliphatic rings. The topological polar surface area (TPSA) is 123 Å². The van der Waals surface area contributed by atoms with Gasteiger partial charge in [0.2, 0.25) is 0 Å². The van der Waals surface area contributed by atoms with Crippen LogP contribution in [0, 0.1) is 21.7 Å². The van der Waals surface area contributed by atoms with E-state index < -0.39 is 34.5 Å². The Kier molecular flexibility index (Phi) is 5.57. The summed E-state index contributed by atoms with van der Waals surface area (Å²) in [5.74, 6) is -2.97. The van der Waals surface area contributed by atoms with E-state index in [1.54, 1.807) is 0 Å². The molecule has 152 valence electrons. The van der Waals surface area contributed by atoms with Crippen LogP contribution in [0.1, 0.15) is 28.4 Å². The van der Waals surface area contributed by atoms with Gasteiger partial charge in [0.15, 0.2) is 11.6 Å². The number of benzene rings is 2. The van der Waals surface area contributed by atoms with Crippen molar-refractivity contribution in [3.05, 3.63) is 63.2 Å². The number of nitro groups is 1. The molecule has 9 nitrogen and oxygen atoms in total. The van der Waals surface area contributed by atoms with Crippen molar-refractivity contribution in [1.29, 1.82) is 0 Å². The molecule has 3 amide bonds. The minimum Gasteiger partial charge on any atom is -0.492 e.